The molecule has 1 aliphatic carbocycles. The van der Waals surface area contributed by atoms with E-state index in [0.717, 1.165) is 12.8 Å². The van der Waals surface area contributed by atoms with Crippen molar-refractivity contribution in [1.82, 2.24) is 9.80 Å². The Labute approximate surface area is 101 Å². The molecule has 96 valence electrons. The molecule has 6 nitrogen and oxygen atoms in total. The van der Waals surface area contributed by atoms with Gasteiger partial charge < -0.3 is 20.3 Å². The van der Waals surface area contributed by atoms with Gasteiger partial charge in [0, 0.05) is 32.7 Å². The summed E-state index contributed by atoms with van der Waals surface area (Å²) in [4.78, 5) is 26.9. The molecule has 0 unspecified atom stereocenters. The molecule has 0 bridgehead atoms. The highest BCUT2D eigenvalue weighted by Crippen LogP contribution is 2.46. The Balaban J connectivity index is 1.87. The lowest BCUT2D eigenvalue weighted by molar-refractivity contribution is -0.138. The number of ether oxygens (including phenoxy) is 1. The largest absolute Gasteiger partial charge is 0.453 e. The van der Waals surface area contributed by atoms with Crippen LogP contribution in [0, 0.1) is 5.41 Å². The van der Waals surface area contributed by atoms with Gasteiger partial charge in [-0.2, -0.15) is 0 Å². The lowest BCUT2D eigenvalue weighted by Gasteiger charge is -2.35. The molecule has 2 rings (SSSR count). The van der Waals surface area contributed by atoms with Crippen LogP contribution in [0.1, 0.15) is 12.8 Å². The molecule has 1 aliphatic heterocycles. The molecule has 1 heterocycles. The van der Waals surface area contributed by atoms with Crippen LogP contribution in [-0.4, -0.2) is 61.6 Å². The lowest BCUT2D eigenvalue weighted by Crippen LogP contribution is -2.53. The predicted molar refractivity (Wildman–Crippen MR) is 61.3 cm³/mol. The van der Waals surface area contributed by atoms with Gasteiger partial charge in [-0.15, -0.1) is 0 Å². The zero-order chi connectivity index (χ0) is 12.5. The van der Waals surface area contributed by atoms with E-state index in [1.807, 2.05) is 4.90 Å². The third kappa shape index (κ3) is 2.22. The second-order valence-electron chi connectivity index (χ2n) is 4.73. The van der Waals surface area contributed by atoms with E-state index >= 15 is 0 Å². The summed E-state index contributed by atoms with van der Waals surface area (Å²) in [5, 5.41) is 0. The molecule has 0 atom stereocenters. The first-order valence-electron chi connectivity index (χ1n) is 5.95. The van der Waals surface area contributed by atoms with Crippen molar-refractivity contribution in [2.75, 3.05) is 39.8 Å². The van der Waals surface area contributed by atoms with Crippen molar-refractivity contribution in [2.45, 2.75) is 12.8 Å². The summed E-state index contributed by atoms with van der Waals surface area (Å²) < 4.78 is 4.65. The van der Waals surface area contributed by atoms with Gasteiger partial charge in [-0.1, -0.05) is 0 Å². The molecule has 6 heteroatoms. The first-order valence-corrected chi connectivity index (χ1v) is 5.95. The van der Waals surface area contributed by atoms with E-state index in [-0.39, 0.29) is 17.4 Å². The lowest BCUT2D eigenvalue weighted by atomic mass is 10.1. The van der Waals surface area contributed by atoms with Crippen LogP contribution in [0.5, 0.6) is 0 Å². The van der Waals surface area contributed by atoms with Crippen LogP contribution in [0.15, 0.2) is 0 Å². The highest BCUT2D eigenvalue weighted by molar-refractivity contribution is 5.86. The Kier molecular flexibility index (Phi) is 3.24. The number of hydrogen-bond donors (Lipinski definition) is 1. The zero-order valence-electron chi connectivity index (χ0n) is 10.1. The molecule has 2 fully saturated rings. The van der Waals surface area contributed by atoms with Gasteiger partial charge in [0.2, 0.25) is 5.91 Å². The van der Waals surface area contributed by atoms with Crippen LogP contribution in [0.3, 0.4) is 0 Å². The first kappa shape index (κ1) is 12.2. The Morgan fingerprint density at radius 1 is 1.18 bits per heavy atom. The molecule has 0 aromatic carbocycles. The molecule has 0 spiro atoms. The van der Waals surface area contributed by atoms with Crippen molar-refractivity contribution >= 4 is 12.0 Å². The van der Waals surface area contributed by atoms with Gasteiger partial charge in [0.25, 0.3) is 0 Å². The van der Waals surface area contributed by atoms with Crippen molar-refractivity contribution in [3.8, 4) is 0 Å². The van der Waals surface area contributed by atoms with E-state index < -0.39 is 0 Å². The average molecular weight is 241 g/mol. The average Bonchev–Trinajstić information content (AvgIpc) is 3.18. The van der Waals surface area contributed by atoms with Gasteiger partial charge in [0.05, 0.1) is 12.5 Å². The second kappa shape index (κ2) is 4.52. The molecular formula is C11H19N3O3. The number of amides is 2. The van der Waals surface area contributed by atoms with E-state index in [4.69, 9.17) is 5.73 Å². The van der Waals surface area contributed by atoms with Crippen LogP contribution in [0.2, 0.25) is 0 Å². The molecule has 0 radical (unpaired) electrons. The molecule has 2 amide bonds. The smallest absolute Gasteiger partial charge is 0.409 e. The minimum Gasteiger partial charge on any atom is -0.453 e. The Morgan fingerprint density at radius 3 is 2.12 bits per heavy atom. The maximum absolute atomic E-state index is 12.2. The van der Waals surface area contributed by atoms with Gasteiger partial charge in [-0.05, 0) is 12.8 Å². The number of carbonyl (C=O) groups excluding carboxylic acids is 2. The van der Waals surface area contributed by atoms with Crippen molar-refractivity contribution in [3.05, 3.63) is 0 Å². The molecule has 0 aromatic heterocycles. The number of rotatable bonds is 2. The summed E-state index contributed by atoms with van der Waals surface area (Å²) in [7, 11) is 1.37. The molecule has 17 heavy (non-hydrogen) atoms. The van der Waals surface area contributed by atoms with E-state index in [1.54, 1.807) is 4.90 Å². The van der Waals surface area contributed by atoms with Gasteiger partial charge in [-0.25, -0.2) is 4.79 Å². The monoisotopic (exact) mass is 241 g/mol. The molecule has 0 aromatic rings. The van der Waals surface area contributed by atoms with Gasteiger partial charge in [0.1, 0.15) is 0 Å². The number of methoxy groups -OCH3 is 1. The predicted octanol–water partition coefficient (Wildman–Crippen LogP) is -0.364. The van der Waals surface area contributed by atoms with Crippen molar-refractivity contribution < 1.29 is 14.3 Å². The standard InChI is InChI=1S/C11H19N3O3/c1-17-10(16)14-6-4-13(5-7-14)9(15)11(8-12)2-3-11/h2-8,12H2,1H3. The van der Waals surface area contributed by atoms with Gasteiger partial charge >= 0.3 is 6.09 Å². The normalized spacial score (nSPS) is 22.2. The maximum atomic E-state index is 12.2. The van der Waals surface area contributed by atoms with Crippen LogP contribution >= 0.6 is 0 Å². The number of piperazine rings is 1. The van der Waals surface area contributed by atoms with Crippen LogP contribution in [-0.2, 0) is 9.53 Å². The summed E-state index contributed by atoms with van der Waals surface area (Å²) in [6, 6.07) is 0. The SMILES string of the molecule is COC(=O)N1CCN(C(=O)C2(CN)CC2)CC1. The summed E-state index contributed by atoms with van der Waals surface area (Å²) in [5.41, 5.74) is 5.36. The summed E-state index contributed by atoms with van der Waals surface area (Å²) in [6.07, 6.45) is 1.48. The quantitative estimate of drug-likeness (QED) is 0.716. The fourth-order valence-corrected chi connectivity index (χ4v) is 2.21. The minimum atomic E-state index is -0.322. The minimum absolute atomic E-state index is 0.157. The van der Waals surface area contributed by atoms with Gasteiger partial charge in [0.15, 0.2) is 0 Å². The van der Waals surface area contributed by atoms with Crippen LogP contribution < -0.4 is 5.73 Å². The van der Waals surface area contributed by atoms with Crippen molar-refractivity contribution in [2.24, 2.45) is 11.1 Å². The summed E-state index contributed by atoms with van der Waals surface area (Å²) in [6.45, 7) is 2.67. The summed E-state index contributed by atoms with van der Waals surface area (Å²) in [5.74, 6) is 0.157. The highest BCUT2D eigenvalue weighted by Gasteiger charge is 2.50. The molecule has 2 aliphatic rings. The molecule has 1 saturated heterocycles. The van der Waals surface area contributed by atoms with E-state index in [2.05, 4.69) is 4.74 Å². The third-order valence-electron chi connectivity index (χ3n) is 3.70. The number of hydrogen-bond acceptors (Lipinski definition) is 4. The van der Waals surface area contributed by atoms with Crippen molar-refractivity contribution in [3.63, 3.8) is 0 Å². The summed E-state index contributed by atoms with van der Waals surface area (Å²) >= 11 is 0. The zero-order valence-corrected chi connectivity index (χ0v) is 10.1. The van der Waals surface area contributed by atoms with Gasteiger partial charge in [-0.3, -0.25) is 4.79 Å². The highest BCUT2D eigenvalue weighted by atomic mass is 16.5. The first-order chi connectivity index (χ1) is 8.13. The fourth-order valence-electron chi connectivity index (χ4n) is 2.21. The molecule has 1 saturated carbocycles. The molecular weight excluding hydrogens is 222 g/mol. The Bertz CT molecular complexity index is 320. The van der Waals surface area contributed by atoms with Crippen molar-refractivity contribution in [1.29, 1.82) is 0 Å². The maximum Gasteiger partial charge on any atom is 0.409 e. The fraction of sp³-hybridized carbons (Fsp3) is 0.818. The van der Waals surface area contributed by atoms with Crippen LogP contribution in [0.25, 0.3) is 0 Å². The van der Waals surface area contributed by atoms with E-state index in [9.17, 15) is 9.59 Å². The Morgan fingerprint density at radius 2 is 1.71 bits per heavy atom. The number of nitrogens with two attached hydrogens (primary N) is 1. The molecule has 2 N–H and O–H groups in total. The Hall–Kier alpha value is -1.30. The van der Waals surface area contributed by atoms with Crippen LogP contribution in [0.4, 0.5) is 4.79 Å². The number of carbonyl (C=O) groups is 2. The second-order valence-corrected chi connectivity index (χ2v) is 4.73. The van der Waals surface area contributed by atoms with E-state index in [0.29, 0.717) is 32.7 Å². The van der Waals surface area contributed by atoms with E-state index in [1.165, 1.54) is 7.11 Å². The topological polar surface area (TPSA) is 75.9 Å². The number of nitrogens with zero attached hydrogens (tertiary/aromatic N) is 2. The third-order valence-corrected chi connectivity index (χ3v) is 3.70.